The SMILES string of the molecule is CCc1cccc(C)c1NCc1ccn(C)c1. The molecule has 0 atom stereocenters. The molecule has 1 N–H and O–H groups in total. The lowest BCUT2D eigenvalue weighted by molar-refractivity contribution is 0.919. The van der Waals surface area contributed by atoms with Crippen LogP contribution in [0.25, 0.3) is 0 Å². The van der Waals surface area contributed by atoms with Gasteiger partial charge < -0.3 is 9.88 Å². The molecular weight excluding hydrogens is 208 g/mol. The Hall–Kier alpha value is -1.70. The third kappa shape index (κ3) is 2.70. The van der Waals surface area contributed by atoms with E-state index in [1.807, 2.05) is 0 Å². The van der Waals surface area contributed by atoms with Crippen LogP contribution in [0.1, 0.15) is 23.6 Å². The lowest BCUT2D eigenvalue weighted by Gasteiger charge is -2.13. The highest BCUT2D eigenvalue weighted by Gasteiger charge is 2.03. The van der Waals surface area contributed by atoms with Gasteiger partial charge in [0.05, 0.1) is 0 Å². The molecule has 1 aromatic carbocycles. The number of aromatic nitrogens is 1. The van der Waals surface area contributed by atoms with E-state index >= 15 is 0 Å². The van der Waals surface area contributed by atoms with Gasteiger partial charge >= 0.3 is 0 Å². The van der Waals surface area contributed by atoms with E-state index in [1.165, 1.54) is 22.4 Å². The smallest absolute Gasteiger partial charge is 0.0416 e. The van der Waals surface area contributed by atoms with Gasteiger partial charge in [-0.05, 0) is 36.1 Å². The first-order valence-corrected chi connectivity index (χ1v) is 6.14. The number of anilines is 1. The molecule has 1 heterocycles. The van der Waals surface area contributed by atoms with Crippen LogP contribution in [0.2, 0.25) is 0 Å². The average molecular weight is 228 g/mol. The van der Waals surface area contributed by atoms with Crippen LogP contribution in [0.15, 0.2) is 36.7 Å². The molecule has 17 heavy (non-hydrogen) atoms. The second-order valence-corrected chi connectivity index (χ2v) is 4.50. The number of aryl methyl sites for hydroxylation is 3. The summed E-state index contributed by atoms with van der Waals surface area (Å²) in [6.45, 7) is 5.24. The molecule has 0 aliphatic heterocycles. The van der Waals surface area contributed by atoms with E-state index in [9.17, 15) is 0 Å². The molecule has 0 bridgehead atoms. The van der Waals surface area contributed by atoms with Gasteiger partial charge in [-0.3, -0.25) is 0 Å². The normalized spacial score (nSPS) is 10.5. The van der Waals surface area contributed by atoms with Gasteiger partial charge in [0.1, 0.15) is 0 Å². The summed E-state index contributed by atoms with van der Waals surface area (Å²) in [5.41, 5.74) is 5.32. The summed E-state index contributed by atoms with van der Waals surface area (Å²) < 4.78 is 2.08. The summed E-state index contributed by atoms with van der Waals surface area (Å²) in [6, 6.07) is 8.63. The minimum absolute atomic E-state index is 0.888. The van der Waals surface area contributed by atoms with E-state index in [1.54, 1.807) is 0 Å². The molecule has 0 amide bonds. The molecule has 0 aliphatic rings. The van der Waals surface area contributed by atoms with Crippen LogP contribution < -0.4 is 5.32 Å². The highest BCUT2D eigenvalue weighted by Crippen LogP contribution is 2.21. The van der Waals surface area contributed by atoms with Crippen molar-refractivity contribution in [3.8, 4) is 0 Å². The van der Waals surface area contributed by atoms with Gasteiger partial charge in [0, 0.05) is 31.7 Å². The summed E-state index contributed by atoms with van der Waals surface area (Å²) in [5, 5.41) is 3.55. The number of benzene rings is 1. The van der Waals surface area contributed by atoms with Crippen molar-refractivity contribution in [3.63, 3.8) is 0 Å². The monoisotopic (exact) mass is 228 g/mol. The molecule has 0 radical (unpaired) electrons. The number of nitrogens with zero attached hydrogens (tertiary/aromatic N) is 1. The molecule has 90 valence electrons. The Morgan fingerprint density at radius 3 is 2.71 bits per heavy atom. The molecule has 0 spiro atoms. The largest absolute Gasteiger partial charge is 0.380 e. The van der Waals surface area contributed by atoms with Crippen LogP contribution in [-0.2, 0) is 20.0 Å². The Morgan fingerprint density at radius 2 is 2.06 bits per heavy atom. The van der Waals surface area contributed by atoms with Crippen LogP contribution in [0.5, 0.6) is 0 Å². The van der Waals surface area contributed by atoms with Crippen molar-refractivity contribution in [2.75, 3.05) is 5.32 Å². The molecular formula is C15H20N2. The first kappa shape index (κ1) is 11.8. The molecule has 0 aliphatic carbocycles. The minimum atomic E-state index is 0.888. The molecule has 0 fully saturated rings. The highest BCUT2D eigenvalue weighted by molar-refractivity contribution is 5.57. The predicted molar refractivity (Wildman–Crippen MR) is 73.3 cm³/mol. The quantitative estimate of drug-likeness (QED) is 0.847. The number of para-hydroxylation sites is 1. The van der Waals surface area contributed by atoms with Crippen molar-refractivity contribution in [1.29, 1.82) is 0 Å². The van der Waals surface area contributed by atoms with Crippen LogP contribution in [-0.4, -0.2) is 4.57 Å². The van der Waals surface area contributed by atoms with E-state index in [-0.39, 0.29) is 0 Å². The zero-order valence-electron chi connectivity index (χ0n) is 10.8. The fourth-order valence-electron chi connectivity index (χ4n) is 2.13. The van der Waals surface area contributed by atoms with E-state index < -0.39 is 0 Å². The molecule has 0 saturated carbocycles. The Kier molecular flexibility index (Phi) is 3.52. The van der Waals surface area contributed by atoms with Crippen LogP contribution >= 0.6 is 0 Å². The van der Waals surface area contributed by atoms with E-state index in [4.69, 9.17) is 0 Å². The Labute approximate surface area is 103 Å². The Morgan fingerprint density at radius 1 is 1.24 bits per heavy atom. The van der Waals surface area contributed by atoms with Crippen LogP contribution in [0.4, 0.5) is 5.69 Å². The first-order valence-electron chi connectivity index (χ1n) is 6.14. The maximum atomic E-state index is 3.55. The summed E-state index contributed by atoms with van der Waals surface area (Å²) in [7, 11) is 2.05. The molecule has 2 heteroatoms. The van der Waals surface area contributed by atoms with Crippen molar-refractivity contribution in [3.05, 3.63) is 53.3 Å². The van der Waals surface area contributed by atoms with Crippen molar-refractivity contribution < 1.29 is 0 Å². The molecule has 2 aromatic rings. The maximum absolute atomic E-state index is 3.55. The molecule has 2 rings (SSSR count). The van der Waals surface area contributed by atoms with Gasteiger partial charge in [-0.15, -0.1) is 0 Å². The predicted octanol–water partition coefficient (Wildman–Crippen LogP) is 3.51. The number of nitrogens with one attached hydrogen (secondary N) is 1. The summed E-state index contributed by atoms with van der Waals surface area (Å²) in [4.78, 5) is 0. The first-order chi connectivity index (χ1) is 8.20. The lowest BCUT2D eigenvalue weighted by atomic mass is 10.1. The second-order valence-electron chi connectivity index (χ2n) is 4.50. The maximum Gasteiger partial charge on any atom is 0.0416 e. The third-order valence-electron chi connectivity index (χ3n) is 3.10. The highest BCUT2D eigenvalue weighted by atomic mass is 14.9. The van der Waals surface area contributed by atoms with Gasteiger partial charge in [0.15, 0.2) is 0 Å². The van der Waals surface area contributed by atoms with Crippen molar-refractivity contribution in [2.45, 2.75) is 26.8 Å². The number of rotatable bonds is 4. The second kappa shape index (κ2) is 5.09. The van der Waals surface area contributed by atoms with Gasteiger partial charge in [0.25, 0.3) is 0 Å². The van der Waals surface area contributed by atoms with E-state index in [0.717, 1.165) is 13.0 Å². The Bertz CT molecular complexity index is 497. The number of hydrogen-bond donors (Lipinski definition) is 1. The van der Waals surface area contributed by atoms with Gasteiger partial charge in [-0.1, -0.05) is 25.1 Å². The lowest BCUT2D eigenvalue weighted by Crippen LogP contribution is -2.03. The van der Waals surface area contributed by atoms with Crippen LogP contribution in [0, 0.1) is 6.92 Å². The summed E-state index contributed by atoms with van der Waals surface area (Å²) in [5.74, 6) is 0. The van der Waals surface area contributed by atoms with Gasteiger partial charge in [0.2, 0.25) is 0 Å². The molecule has 1 aromatic heterocycles. The fourth-order valence-corrected chi connectivity index (χ4v) is 2.13. The standard InChI is InChI=1S/C15H20N2/c1-4-14-7-5-6-12(2)15(14)16-10-13-8-9-17(3)11-13/h5-9,11,16H,4,10H2,1-3H3. The average Bonchev–Trinajstić information content (AvgIpc) is 2.73. The zero-order valence-corrected chi connectivity index (χ0v) is 10.8. The van der Waals surface area contributed by atoms with E-state index in [2.05, 4.69) is 67.4 Å². The van der Waals surface area contributed by atoms with Crippen molar-refractivity contribution >= 4 is 5.69 Å². The zero-order chi connectivity index (χ0) is 12.3. The minimum Gasteiger partial charge on any atom is -0.380 e. The molecule has 0 saturated heterocycles. The van der Waals surface area contributed by atoms with Gasteiger partial charge in [-0.2, -0.15) is 0 Å². The molecule has 0 unspecified atom stereocenters. The van der Waals surface area contributed by atoms with Crippen molar-refractivity contribution in [2.24, 2.45) is 7.05 Å². The van der Waals surface area contributed by atoms with Gasteiger partial charge in [-0.25, -0.2) is 0 Å². The van der Waals surface area contributed by atoms with Crippen molar-refractivity contribution in [1.82, 2.24) is 4.57 Å². The topological polar surface area (TPSA) is 17.0 Å². The van der Waals surface area contributed by atoms with E-state index in [0.29, 0.717) is 0 Å². The molecule has 2 nitrogen and oxygen atoms in total. The third-order valence-corrected chi connectivity index (χ3v) is 3.10. The Balaban J connectivity index is 2.13. The summed E-state index contributed by atoms with van der Waals surface area (Å²) >= 11 is 0. The fraction of sp³-hybridized carbons (Fsp3) is 0.333. The van der Waals surface area contributed by atoms with Crippen LogP contribution in [0.3, 0.4) is 0 Å². The summed E-state index contributed by atoms with van der Waals surface area (Å²) in [6.07, 6.45) is 5.30. The number of hydrogen-bond acceptors (Lipinski definition) is 1.